The maximum Gasteiger partial charge on any atom is 0.225 e. The molecular weight excluding hydrogens is 320 g/mol. The van der Waals surface area contributed by atoms with Gasteiger partial charge in [-0.15, -0.1) is 0 Å². The van der Waals surface area contributed by atoms with Crippen LogP contribution in [-0.4, -0.2) is 16.5 Å². The molecule has 0 aliphatic heterocycles. The van der Waals surface area contributed by atoms with E-state index in [1.54, 1.807) is 0 Å². The molecule has 2 N–H and O–H groups in total. The SMILES string of the molecule is CCCNc1nc(Nc2ccccc2Cl)cc(-c2ccccc2)n1. The Bertz CT molecular complexity index is 805. The highest BCUT2D eigenvalue weighted by Gasteiger charge is 2.08. The number of aromatic nitrogens is 2. The number of hydrogen-bond acceptors (Lipinski definition) is 4. The van der Waals surface area contributed by atoms with Gasteiger partial charge < -0.3 is 10.6 Å². The molecule has 0 radical (unpaired) electrons. The number of para-hydroxylation sites is 1. The molecule has 0 saturated carbocycles. The monoisotopic (exact) mass is 338 g/mol. The summed E-state index contributed by atoms with van der Waals surface area (Å²) in [5.41, 5.74) is 2.72. The number of benzene rings is 2. The van der Waals surface area contributed by atoms with Crippen LogP contribution >= 0.6 is 11.6 Å². The van der Waals surface area contributed by atoms with E-state index in [-0.39, 0.29) is 0 Å². The molecule has 1 aromatic heterocycles. The number of rotatable bonds is 6. The summed E-state index contributed by atoms with van der Waals surface area (Å²) in [4.78, 5) is 9.15. The molecule has 0 unspecified atom stereocenters. The Morgan fingerprint density at radius 1 is 0.958 bits per heavy atom. The van der Waals surface area contributed by atoms with Crippen molar-refractivity contribution in [3.8, 4) is 11.3 Å². The minimum absolute atomic E-state index is 0.604. The Morgan fingerprint density at radius 2 is 1.71 bits per heavy atom. The largest absolute Gasteiger partial charge is 0.354 e. The second-order valence-electron chi connectivity index (χ2n) is 5.36. The zero-order valence-corrected chi connectivity index (χ0v) is 14.2. The molecule has 0 atom stereocenters. The molecule has 2 aromatic carbocycles. The van der Waals surface area contributed by atoms with Crippen molar-refractivity contribution in [1.29, 1.82) is 0 Å². The average Bonchev–Trinajstić information content (AvgIpc) is 2.62. The quantitative estimate of drug-likeness (QED) is 0.635. The minimum Gasteiger partial charge on any atom is -0.354 e. The van der Waals surface area contributed by atoms with Crippen LogP contribution < -0.4 is 10.6 Å². The van der Waals surface area contributed by atoms with E-state index in [2.05, 4.69) is 27.5 Å². The second-order valence-corrected chi connectivity index (χ2v) is 5.77. The van der Waals surface area contributed by atoms with Crippen molar-refractivity contribution in [2.24, 2.45) is 0 Å². The van der Waals surface area contributed by atoms with Gasteiger partial charge in [0.1, 0.15) is 5.82 Å². The lowest BCUT2D eigenvalue weighted by Gasteiger charge is -2.12. The normalized spacial score (nSPS) is 10.4. The molecule has 3 rings (SSSR count). The van der Waals surface area contributed by atoms with Crippen LogP contribution in [0.15, 0.2) is 60.7 Å². The van der Waals surface area contributed by atoms with E-state index in [1.165, 1.54) is 0 Å². The van der Waals surface area contributed by atoms with Gasteiger partial charge in [0, 0.05) is 18.2 Å². The van der Waals surface area contributed by atoms with Gasteiger partial charge in [0.25, 0.3) is 0 Å². The summed E-state index contributed by atoms with van der Waals surface area (Å²) in [6.45, 7) is 2.93. The molecule has 0 bridgehead atoms. The van der Waals surface area contributed by atoms with Gasteiger partial charge in [-0.1, -0.05) is 61.0 Å². The molecule has 0 aliphatic carbocycles. The lowest BCUT2D eigenvalue weighted by atomic mass is 10.1. The Kier molecular flexibility index (Phi) is 5.29. The highest BCUT2D eigenvalue weighted by atomic mass is 35.5. The second kappa shape index (κ2) is 7.79. The summed E-state index contributed by atoms with van der Waals surface area (Å²) >= 11 is 6.23. The first-order valence-electron chi connectivity index (χ1n) is 7.96. The molecule has 4 nitrogen and oxygen atoms in total. The van der Waals surface area contributed by atoms with E-state index in [0.717, 1.165) is 29.9 Å². The van der Waals surface area contributed by atoms with Crippen LogP contribution in [0.25, 0.3) is 11.3 Å². The summed E-state index contributed by atoms with van der Waals surface area (Å²) < 4.78 is 0. The molecule has 24 heavy (non-hydrogen) atoms. The molecular formula is C19H19ClN4. The van der Waals surface area contributed by atoms with E-state index in [4.69, 9.17) is 11.6 Å². The molecule has 0 fully saturated rings. The lowest BCUT2D eigenvalue weighted by Crippen LogP contribution is -2.07. The van der Waals surface area contributed by atoms with Gasteiger partial charge in [-0.05, 0) is 18.6 Å². The van der Waals surface area contributed by atoms with E-state index in [1.807, 2.05) is 60.7 Å². The van der Waals surface area contributed by atoms with Crippen molar-refractivity contribution in [3.63, 3.8) is 0 Å². The molecule has 1 heterocycles. The molecule has 0 aliphatic rings. The van der Waals surface area contributed by atoms with Crippen LogP contribution in [0.1, 0.15) is 13.3 Å². The van der Waals surface area contributed by atoms with E-state index < -0.39 is 0 Å². The third kappa shape index (κ3) is 4.03. The zero-order chi connectivity index (χ0) is 16.8. The van der Waals surface area contributed by atoms with Crippen molar-refractivity contribution in [2.75, 3.05) is 17.2 Å². The van der Waals surface area contributed by atoms with Crippen molar-refractivity contribution in [3.05, 3.63) is 65.7 Å². The number of hydrogen-bond donors (Lipinski definition) is 2. The summed E-state index contributed by atoms with van der Waals surface area (Å²) in [7, 11) is 0. The van der Waals surface area contributed by atoms with Crippen molar-refractivity contribution < 1.29 is 0 Å². The number of nitrogens with one attached hydrogen (secondary N) is 2. The molecule has 5 heteroatoms. The van der Waals surface area contributed by atoms with Gasteiger partial charge in [-0.25, -0.2) is 4.98 Å². The fourth-order valence-electron chi connectivity index (χ4n) is 2.28. The van der Waals surface area contributed by atoms with Gasteiger partial charge in [0.2, 0.25) is 5.95 Å². The van der Waals surface area contributed by atoms with E-state index in [0.29, 0.717) is 16.8 Å². The average molecular weight is 339 g/mol. The van der Waals surface area contributed by atoms with Crippen molar-refractivity contribution >= 4 is 29.1 Å². The van der Waals surface area contributed by atoms with Crippen LogP contribution in [0, 0.1) is 0 Å². The Labute approximate surface area is 146 Å². The smallest absolute Gasteiger partial charge is 0.225 e. The van der Waals surface area contributed by atoms with Crippen molar-refractivity contribution in [2.45, 2.75) is 13.3 Å². The lowest BCUT2D eigenvalue weighted by molar-refractivity contribution is 0.954. The van der Waals surface area contributed by atoms with Crippen LogP contribution in [0.2, 0.25) is 5.02 Å². The van der Waals surface area contributed by atoms with Gasteiger partial charge >= 0.3 is 0 Å². The van der Waals surface area contributed by atoms with E-state index >= 15 is 0 Å². The number of halogens is 1. The highest BCUT2D eigenvalue weighted by molar-refractivity contribution is 6.33. The number of nitrogens with zero attached hydrogens (tertiary/aromatic N) is 2. The summed E-state index contributed by atoms with van der Waals surface area (Å²) in [5.74, 6) is 1.31. The molecule has 3 aromatic rings. The van der Waals surface area contributed by atoms with Gasteiger partial charge in [-0.2, -0.15) is 4.98 Å². The van der Waals surface area contributed by atoms with Crippen molar-refractivity contribution in [1.82, 2.24) is 9.97 Å². The predicted molar refractivity (Wildman–Crippen MR) is 101 cm³/mol. The van der Waals surface area contributed by atoms with Gasteiger partial charge in [0.15, 0.2) is 0 Å². The van der Waals surface area contributed by atoms with Gasteiger partial charge in [-0.3, -0.25) is 0 Å². The maximum atomic E-state index is 6.23. The fourth-order valence-corrected chi connectivity index (χ4v) is 2.47. The predicted octanol–water partition coefficient (Wildman–Crippen LogP) is 5.36. The standard InChI is InChI=1S/C19H19ClN4/c1-2-12-21-19-23-17(14-8-4-3-5-9-14)13-18(24-19)22-16-11-7-6-10-15(16)20/h3-11,13H,2,12H2,1H3,(H2,21,22,23,24). The van der Waals surface area contributed by atoms with E-state index in [9.17, 15) is 0 Å². The van der Waals surface area contributed by atoms with Crippen LogP contribution in [-0.2, 0) is 0 Å². The van der Waals surface area contributed by atoms with Crippen LogP contribution in [0.4, 0.5) is 17.5 Å². The van der Waals surface area contributed by atoms with Crippen LogP contribution in [0.5, 0.6) is 0 Å². The highest BCUT2D eigenvalue weighted by Crippen LogP contribution is 2.27. The summed E-state index contributed by atoms with van der Waals surface area (Å²) in [5, 5.41) is 7.18. The topological polar surface area (TPSA) is 49.8 Å². The molecule has 0 amide bonds. The Morgan fingerprint density at radius 3 is 2.46 bits per heavy atom. The Hall–Kier alpha value is -2.59. The zero-order valence-electron chi connectivity index (χ0n) is 13.5. The first kappa shape index (κ1) is 16.3. The van der Waals surface area contributed by atoms with Gasteiger partial charge in [0.05, 0.1) is 16.4 Å². The molecule has 0 saturated heterocycles. The minimum atomic E-state index is 0.604. The maximum absolute atomic E-state index is 6.23. The summed E-state index contributed by atoms with van der Waals surface area (Å²) in [6.07, 6.45) is 1.01. The van der Waals surface area contributed by atoms with Crippen LogP contribution in [0.3, 0.4) is 0 Å². The Balaban J connectivity index is 1.97. The molecule has 0 spiro atoms. The first-order chi connectivity index (χ1) is 11.8. The third-order valence-electron chi connectivity index (χ3n) is 3.47. The third-order valence-corrected chi connectivity index (χ3v) is 3.79. The summed E-state index contributed by atoms with van der Waals surface area (Å²) in [6, 6.07) is 19.6. The molecule has 122 valence electrons. The fraction of sp³-hybridized carbons (Fsp3) is 0.158. The number of anilines is 3. The first-order valence-corrected chi connectivity index (χ1v) is 8.34.